The number of piperidine rings is 1. The van der Waals surface area contributed by atoms with Gasteiger partial charge in [-0.25, -0.2) is 15.0 Å². The number of thioether (sulfide) groups is 1. The lowest BCUT2D eigenvalue weighted by Gasteiger charge is -2.31. The van der Waals surface area contributed by atoms with E-state index in [1.807, 2.05) is 36.7 Å². The number of nitrogens with one attached hydrogen (secondary N) is 1. The van der Waals surface area contributed by atoms with Crippen LogP contribution in [0.4, 0.5) is 0 Å². The first-order valence-electron chi connectivity index (χ1n) is 12.9. The highest BCUT2D eigenvalue weighted by Crippen LogP contribution is 2.32. The van der Waals surface area contributed by atoms with E-state index < -0.39 is 0 Å². The fourth-order valence-electron chi connectivity index (χ4n) is 4.97. The number of aromatic nitrogens is 6. The van der Waals surface area contributed by atoms with Crippen LogP contribution in [0, 0.1) is 0 Å². The Morgan fingerprint density at radius 1 is 0.868 bits per heavy atom. The summed E-state index contributed by atoms with van der Waals surface area (Å²) in [6.07, 6.45) is 7.85. The zero-order valence-corrected chi connectivity index (χ0v) is 22.1. The molecule has 7 nitrogen and oxygen atoms in total. The SMILES string of the molecule is CSc1ncc(-c2ccccc2)c(-c2ccc(CN3CCC(c4nc(-c5ccccn5)n[nH]4)CC3)cc2)n1. The number of hydrogen-bond acceptors (Lipinski definition) is 7. The first-order valence-corrected chi connectivity index (χ1v) is 14.1. The number of likely N-dealkylation sites (tertiary alicyclic amines) is 1. The van der Waals surface area contributed by atoms with Crippen LogP contribution in [0.15, 0.2) is 90.3 Å². The highest BCUT2D eigenvalue weighted by atomic mass is 32.2. The molecule has 0 aliphatic carbocycles. The Kier molecular flexibility index (Phi) is 7.24. The second kappa shape index (κ2) is 11.2. The lowest BCUT2D eigenvalue weighted by Crippen LogP contribution is -2.32. The minimum absolute atomic E-state index is 0.401. The normalized spacial score (nSPS) is 14.6. The van der Waals surface area contributed by atoms with Gasteiger partial charge in [-0.2, -0.15) is 5.10 Å². The molecule has 0 radical (unpaired) electrons. The van der Waals surface area contributed by atoms with Crippen molar-refractivity contribution in [2.45, 2.75) is 30.5 Å². The van der Waals surface area contributed by atoms with Crippen molar-refractivity contribution in [2.75, 3.05) is 19.3 Å². The highest BCUT2D eigenvalue weighted by Gasteiger charge is 2.24. The Balaban J connectivity index is 1.11. The van der Waals surface area contributed by atoms with Gasteiger partial charge in [0.25, 0.3) is 0 Å². The highest BCUT2D eigenvalue weighted by molar-refractivity contribution is 7.98. The van der Waals surface area contributed by atoms with E-state index in [2.05, 4.69) is 73.6 Å². The smallest absolute Gasteiger partial charge is 0.199 e. The fourth-order valence-corrected chi connectivity index (χ4v) is 5.31. The summed E-state index contributed by atoms with van der Waals surface area (Å²) in [7, 11) is 0. The summed E-state index contributed by atoms with van der Waals surface area (Å²) < 4.78 is 0. The molecule has 0 saturated carbocycles. The summed E-state index contributed by atoms with van der Waals surface area (Å²) in [6.45, 7) is 3.01. The fraction of sp³-hybridized carbons (Fsp3) is 0.233. The average Bonchev–Trinajstić information content (AvgIpc) is 3.49. The summed E-state index contributed by atoms with van der Waals surface area (Å²) in [5.74, 6) is 2.05. The first-order chi connectivity index (χ1) is 18.8. The largest absolute Gasteiger partial charge is 0.299 e. The second-order valence-corrected chi connectivity index (χ2v) is 10.3. The van der Waals surface area contributed by atoms with E-state index >= 15 is 0 Å². The molecule has 1 aliphatic heterocycles. The molecule has 0 atom stereocenters. The number of nitrogens with zero attached hydrogens (tertiary/aromatic N) is 6. The first kappa shape index (κ1) is 24.5. The van der Waals surface area contributed by atoms with Crippen LogP contribution in [0.3, 0.4) is 0 Å². The van der Waals surface area contributed by atoms with Gasteiger partial charge >= 0.3 is 0 Å². The summed E-state index contributed by atoms with van der Waals surface area (Å²) in [5, 5.41) is 8.33. The summed E-state index contributed by atoms with van der Waals surface area (Å²) in [5.41, 5.74) is 6.37. The van der Waals surface area contributed by atoms with Gasteiger partial charge in [-0.05, 0) is 55.4 Å². The van der Waals surface area contributed by atoms with Gasteiger partial charge in [0.1, 0.15) is 11.5 Å². The molecule has 0 bridgehead atoms. The van der Waals surface area contributed by atoms with Crippen LogP contribution in [0.2, 0.25) is 0 Å². The topological polar surface area (TPSA) is 83.5 Å². The molecule has 190 valence electrons. The van der Waals surface area contributed by atoms with Crippen LogP contribution in [-0.2, 0) is 6.54 Å². The molecule has 8 heteroatoms. The maximum absolute atomic E-state index is 4.86. The van der Waals surface area contributed by atoms with Crippen LogP contribution in [-0.4, -0.2) is 54.4 Å². The third-order valence-corrected chi connectivity index (χ3v) is 7.60. The zero-order valence-electron chi connectivity index (χ0n) is 21.3. The quantitative estimate of drug-likeness (QED) is 0.206. The number of rotatable bonds is 7. The summed E-state index contributed by atoms with van der Waals surface area (Å²) >= 11 is 1.56. The van der Waals surface area contributed by atoms with Crippen molar-refractivity contribution >= 4 is 11.8 Å². The van der Waals surface area contributed by atoms with Crippen LogP contribution >= 0.6 is 11.8 Å². The molecule has 0 amide bonds. The molecule has 1 fully saturated rings. The molecule has 1 N–H and O–H groups in total. The molecule has 2 aromatic carbocycles. The van der Waals surface area contributed by atoms with Gasteiger partial charge in [-0.1, -0.05) is 72.4 Å². The molecule has 5 aromatic rings. The van der Waals surface area contributed by atoms with Gasteiger partial charge in [-0.3, -0.25) is 15.0 Å². The Morgan fingerprint density at radius 2 is 1.66 bits per heavy atom. The van der Waals surface area contributed by atoms with Crippen molar-refractivity contribution in [3.63, 3.8) is 0 Å². The Labute approximate surface area is 226 Å². The molecule has 1 saturated heterocycles. The van der Waals surface area contributed by atoms with Gasteiger partial charge in [0, 0.05) is 36.0 Å². The van der Waals surface area contributed by atoms with Crippen molar-refractivity contribution in [1.29, 1.82) is 0 Å². The third-order valence-electron chi connectivity index (χ3n) is 7.04. The molecule has 0 unspecified atom stereocenters. The minimum atomic E-state index is 0.401. The molecular weight excluding hydrogens is 490 g/mol. The van der Waals surface area contributed by atoms with Crippen LogP contribution in [0.1, 0.15) is 30.1 Å². The molecule has 4 heterocycles. The van der Waals surface area contributed by atoms with Crippen molar-refractivity contribution in [2.24, 2.45) is 0 Å². The predicted octanol–water partition coefficient (Wildman–Crippen LogP) is 6.09. The van der Waals surface area contributed by atoms with Crippen LogP contribution < -0.4 is 0 Å². The Hall–Kier alpha value is -3.88. The minimum Gasteiger partial charge on any atom is -0.299 e. The van der Waals surface area contributed by atoms with E-state index in [9.17, 15) is 0 Å². The zero-order chi connectivity index (χ0) is 25.7. The van der Waals surface area contributed by atoms with Crippen molar-refractivity contribution < 1.29 is 0 Å². The second-order valence-electron chi connectivity index (χ2n) is 9.49. The van der Waals surface area contributed by atoms with E-state index in [-0.39, 0.29) is 0 Å². The maximum atomic E-state index is 4.86. The lowest BCUT2D eigenvalue weighted by molar-refractivity contribution is 0.202. The van der Waals surface area contributed by atoms with Gasteiger partial charge in [0.15, 0.2) is 11.0 Å². The Morgan fingerprint density at radius 3 is 2.39 bits per heavy atom. The summed E-state index contributed by atoms with van der Waals surface area (Å²) in [6, 6.07) is 25.0. The van der Waals surface area contributed by atoms with Gasteiger partial charge in [-0.15, -0.1) is 0 Å². The van der Waals surface area contributed by atoms with Gasteiger partial charge in [0.05, 0.1) is 5.69 Å². The predicted molar refractivity (Wildman–Crippen MR) is 152 cm³/mol. The van der Waals surface area contributed by atoms with Gasteiger partial charge < -0.3 is 0 Å². The number of aromatic amines is 1. The number of pyridine rings is 1. The van der Waals surface area contributed by atoms with E-state index in [0.717, 1.165) is 71.5 Å². The maximum Gasteiger partial charge on any atom is 0.199 e. The van der Waals surface area contributed by atoms with Crippen LogP contribution in [0.5, 0.6) is 0 Å². The van der Waals surface area contributed by atoms with E-state index in [1.165, 1.54) is 5.56 Å². The van der Waals surface area contributed by atoms with E-state index in [0.29, 0.717) is 11.7 Å². The Bertz CT molecular complexity index is 1480. The molecule has 38 heavy (non-hydrogen) atoms. The molecule has 3 aromatic heterocycles. The van der Waals surface area contributed by atoms with E-state index in [1.54, 1.807) is 18.0 Å². The van der Waals surface area contributed by atoms with Crippen molar-refractivity contribution in [1.82, 2.24) is 35.0 Å². The average molecular weight is 520 g/mol. The monoisotopic (exact) mass is 519 g/mol. The standard InChI is InChI=1S/C30H29N7S/c1-38-30-32-19-25(22-7-3-2-4-8-22)27(33-30)23-12-10-21(11-13-23)20-37-17-14-24(15-18-37)28-34-29(36-35-28)26-9-5-6-16-31-26/h2-13,16,19,24H,14-15,17-18,20H2,1H3,(H,34,35,36). The number of benzene rings is 2. The molecule has 1 aliphatic rings. The molecule has 0 spiro atoms. The number of hydrogen-bond donors (Lipinski definition) is 1. The third kappa shape index (κ3) is 5.37. The van der Waals surface area contributed by atoms with Gasteiger partial charge in [0.2, 0.25) is 0 Å². The molecule has 6 rings (SSSR count). The van der Waals surface area contributed by atoms with E-state index in [4.69, 9.17) is 9.97 Å². The molecular formula is C30H29N7S. The lowest BCUT2D eigenvalue weighted by atomic mass is 9.95. The van der Waals surface area contributed by atoms with Crippen LogP contribution in [0.25, 0.3) is 33.9 Å². The van der Waals surface area contributed by atoms with Crippen molar-refractivity contribution in [3.8, 4) is 33.9 Å². The summed E-state index contributed by atoms with van der Waals surface area (Å²) in [4.78, 5) is 21.0. The number of H-pyrrole nitrogens is 1. The van der Waals surface area contributed by atoms with Crippen molar-refractivity contribution in [3.05, 3.63) is 96.6 Å².